The number of aryl methyl sites for hydroxylation is 2. The van der Waals surface area contributed by atoms with Gasteiger partial charge in [-0.2, -0.15) is 16.8 Å². The number of thioether (sulfide) groups is 2. The average Bonchev–Trinajstić information content (AvgIpc) is 3.55. The molecule has 3 fully saturated rings. The van der Waals surface area contributed by atoms with Gasteiger partial charge in [0, 0.05) is 9.79 Å². The number of esters is 3. The minimum Gasteiger partial charge on any atom is -0.456 e. The van der Waals surface area contributed by atoms with Crippen LogP contribution in [0.15, 0.2) is 129 Å². The van der Waals surface area contributed by atoms with Gasteiger partial charge in [0.05, 0.1) is 49.5 Å². The van der Waals surface area contributed by atoms with E-state index in [0.717, 1.165) is 22.9 Å². The van der Waals surface area contributed by atoms with Crippen LogP contribution in [0.1, 0.15) is 38.8 Å². The van der Waals surface area contributed by atoms with Crippen molar-refractivity contribution in [3.63, 3.8) is 0 Å². The van der Waals surface area contributed by atoms with Gasteiger partial charge in [0.2, 0.25) is 0 Å². The Morgan fingerprint density at radius 2 is 1.08 bits per heavy atom. The number of halogens is 4. The molecular formula is C53H60Cl3IO18S4. The molecule has 3 aliphatic rings. The van der Waals surface area contributed by atoms with E-state index in [2.05, 4.69) is 0 Å². The first kappa shape index (κ1) is 63.7. The highest BCUT2D eigenvalue weighted by molar-refractivity contribution is 14.1. The van der Waals surface area contributed by atoms with E-state index in [1.807, 2.05) is 22.6 Å². The van der Waals surface area contributed by atoms with Gasteiger partial charge in [0.1, 0.15) is 47.3 Å². The Labute approximate surface area is 497 Å². The maximum Gasteiger partial charge on any atom is 0.321 e. The number of ether oxygens (including phenoxy) is 8. The molecule has 0 amide bonds. The maximum atomic E-state index is 14.0. The number of carbonyl (C=O) groups excluding carboxylic acids is 3. The normalized spacial score (nSPS) is 30.3. The van der Waals surface area contributed by atoms with Crippen LogP contribution in [0.2, 0.25) is 0 Å². The summed E-state index contributed by atoms with van der Waals surface area (Å²) in [5.41, 5.74) is -1.61. The third-order valence-corrected chi connectivity index (χ3v) is 20.8. The molecule has 0 aromatic heterocycles. The van der Waals surface area contributed by atoms with E-state index in [1.165, 1.54) is 43.0 Å². The topological polar surface area (TPSA) is 232 Å². The molecule has 0 bridgehead atoms. The third kappa shape index (κ3) is 16.3. The molecule has 432 valence electrons. The fourth-order valence-electron chi connectivity index (χ4n) is 8.65. The molecule has 3 heterocycles. The molecule has 0 saturated carbocycles. The van der Waals surface area contributed by atoms with E-state index in [1.54, 1.807) is 120 Å². The van der Waals surface area contributed by atoms with Crippen LogP contribution in [0.4, 0.5) is 0 Å². The largest absolute Gasteiger partial charge is 0.456 e. The third-order valence-electron chi connectivity index (χ3n) is 12.8. The van der Waals surface area contributed by atoms with E-state index < -0.39 is 156 Å². The van der Waals surface area contributed by atoms with Crippen molar-refractivity contribution in [3.8, 4) is 0 Å². The van der Waals surface area contributed by atoms with Crippen molar-refractivity contribution in [2.75, 3.05) is 25.0 Å². The van der Waals surface area contributed by atoms with E-state index in [9.17, 15) is 36.3 Å². The Bertz CT molecular complexity index is 2900. The zero-order chi connectivity index (χ0) is 57.4. The van der Waals surface area contributed by atoms with Gasteiger partial charge in [0.15, 0.2) is 30.9 Å². The molecule has 1 N–H and O–H groups in total. The Hall–Kier alpha value is -2.83. The lowest BCUT2D eigenvalue weighted by atomic mass is 9.88. The van der Waals surface area contributed by atoms with Crippen LogP contribution in [-0.4, -0.2) is 152 Å². The van der Waals surface area contributed by atoms with Gasteiger partial charge in [-0.05, 0) is 76.2 Å². The standard InChI is InChI=1S/C53H60Cl3IO18S4/c1-29(2)50(60)75-48-32(5)68-52(47(57)53(48,6)61)74-44-42(72-40(59)26-55)38(28-67-79(64,65)36-23-19-31(4)20-24-36)70-51(46(44)77-34-15-11-8-12-16-34)73-43-41(71-39(58)25-54)37(27-66-78(62,63)35-21-17-30(3)18-22-35)69-49(56)45(43)76-33-13-9-7-10-14-33/h7-24,29,32,37-38,41-49,51-52,61H,25-28H2,1-6H3/t32-,37+,38+,41+,42+,43-,44-,45+,46+,47-,48-,49-,51-,52-,53-/m0/s1. The van der Waals surface area contributed by atoms with Gasteiger partial charge in [0.25, 0.3) is 20.2 Å². The highest BCUT2D eigenvalue weighted by Crippen LogP contribution is 2.46. The molecule has 3 saturated heterocycles. The second kappa shape index (κ2) is 28.2. The Morgan fingerprint density at radius 1 is 0.646 bits per heavy atom. The number of carbonyl (C=O) groups is 3. The number of hydrogen-bond donors (Lipinski definition) is 1. The van der Waals surface area contributed by atoms with Gasteiger partial charge in [-0.15, -0.1) is 46.7 Å². The van der Waals surface area contributed by atoms with Crippen molar-refractivity contribution in [1.29, 1.82) is 0 Å². The summed E-state index contributed by atoms with van der Waals surface area (Å²) < 4.78 is 117. The lowest BCUT2D eigenvalue weighted by Crippen LogP contribution is -2.67. The molecule has 4 aromatic rings. The van der Waals surface area contributed by atoms with Gasteiger partial charge in [-0.1, -0.05) is 120 Å². The molecule has 18 nitrogen and oxygen atoms in total. The number of hydrogen-bond acceptors (Lipinski definition) is 20. The summed E-state index contributed by atoms with van der Waals surface area (Å²) >= 11 is 23.6. The van der Waals surface area contributed by atoms with Crippen LogP contribution in [0.3, 0.4) is 0 Å². The van der Waals surface area contributed by atoms with Crippen LogP contribution in [0, 0.1) is 19.8 Å². The average molecular weight is 1350 g/mol. The predicted octanol–water partition coefficient (Wildman–Crippen LogP) is 8.36. The summed E-state index contributed by atoms with van der Waals surface area (Å²) in [7, 11) is -9.04. The highest BCUT2D eigenvalue weighted by atomic mass is 127. The van der Waals surface area contributed by atoms with Gasteiger partial charge in [-0.3, -0.25) is 22.7 Å². The van der Waals surface area contributed by atoms with E-state index >= 15 is 0 Å². The number of benzene rings is 4. The van der Waals surface area contributed by atoms with Crippen molar-refractivity contribution in [3.05, 3.63) is 120 Å². The van der Waals surface area contributed by atoms with E-state index in [0.29, 0.717) is 9.79 Å². The molecule has 0 aliphatic carbocycles. The minimum atomic E-state index is -4.57. The fourth-order valence-corrected chi connectivity index (χ4v) is 14.1. The molecular weight excluding hydrogens is 1290 g/mol. The molecule has 0 spiro atoms. The molecule has 79 heavy (non-hydrogen) atoms. The van der Waals surface area contributed by atoms with Crippen molar-refractivity contribution in [2.45, 2.75) is 148 Å². The lowest BCUT2D eigenvalue weighted by molar-refractivity contribution is -0.325. The van der Waals surface area contributed by atoms with Gasteiger partial charge in [-0.25, -0.2) is 0 Å². The van der Waals surface area contributed by atoms with Crippen molar-refractivity contribution < 1.29 is 82.6 Å². The van der Waals surface area contributed by atoms with Gasteiger partial charge < -0.3 is 43.0 Å². The SMILES string of the molecule is Cc1ccc(S(=O)(=O)OC[C@H]2O[C@H](Cl)[C@H](Sc3ccccc3)[C@@H](O[C@@H]3O[C@H](COS(=O)(=O)c4ccc(C)cc4)[C@@H](OC(=O)CCl)[C@H](O[C@@H]4O[C@@H](C)[C@H](OC(=O)C(C)C)[C@@](C)(O)[C@H]4I)[C@H]3Sc3ccccc3)[C@@H]2OC(=O)CCl)cc1. The number of aliphatic hydroxyl groups is 1. The Balaban J connectivity index is 1.37. The van der Waals surface area contributed by atoms with Crippen molar-refractivity contribution >= 4 is 119 Å². The summed E-state index contributed by atoms with van der Waals surface area (Å²) in [5.74, 6) is -4.41. The van der Waals surface area contributed by atoms with Crippen LogP contribution in [0.5, 0.6) is 0 Å². The first-order valence-corrected chi connectivity index (χ1v) is 32.1. The lowest BCUT2D eigenvalue weighted by Gasteiger charge is -2.52. The van der Waals surface area contributed by atoms with Crippen LogP contribution in [0.25, 0.3) is 0 Å². The Kier molecular flexibility index (Phi) is 22.7. The molecule has 4 aromatic carbocycles. The van der Waals surface area contributed by atoms with E-state index in [4.69, 9.17) is 81.1 Å². The summed E-state index contributed by atoms with van der Waals surface area (Å²) in [6.07, 6.45) is -14.4. The molecule has 15 atom stereocenters. The summed E-state index contributed by atoms with van der Waals surface area (Å²) in [4.78, 5) is 40.9. The van der Waals surface area contributed by atoms with Crippen LogP contribution >= 0.6 is 80.9 Å². The summed E-state index contributed by atoms with van der Waals surface area (Å²) in [5, 5.41) is 9.99. The zero-order valence-electron chi connectivity index (χ0n) is 43.4. The number of alkyl halides is 4. The molecule has 7 rings (SSSR count). The quantitative estimate of drug-likeness (QED) is 0.0256. The summed E-state index contributed by atoms with van der Waals surface area (Å²) in [6.45, 7) is 8.31. The first-order valence-electron chi connectivity index (χ1n) is 24.8. The number of rotatable bonds is 22. The van der Waals surface area contributed by atoms with Crippen LogP contribution in [-0.2, 0) is 80.9 Å². The van der Waals surface area contributed by atoms with Crippen LogP contribution < -0.4 is 0 Å². The molecule has 3 aliphatic heterocycles. The van der Waals surface area contributed by atoms with Gasteiger partial charge >= 0.3 is 17.9 Å². The van der Waals surface area contributed by atoms with Crippen molar-refractivity contribution in [1.82, 2.24) is 0 Å². The fraction of sp³-hybridized carbons (Fsp3) is 0.491. The summed E-state index contributed by atoms with van der Waals surface area (Å²) in [6, 6.07) is 29.6. The zero-order valence-corrected chi connectivity index (χ0v) is 51.1. The van der Waals surface area contributed by atoms with Crippen molar-refractivity contribution in [2.24, 2.45) is 5.92 Å². The smallest absolute Gasteiger partial charge is 0.321 e. The second-order valence-corrected chi connectivity index (χ2v) is 27.2. The monoisotopic (exact) mass is 1340 g/mol. The molecule has 0 radical (unpaired) electrons. The Morgan fingerprint density at radius 3 is 1.53 bits per heavy atom. The minimum absolute atomic E-state index is 0.167. The second-order valence-electron chi connectivity index (χ2n) is 19.2. The van der Waals surface area contributed by atoms with E-state index in [-0.39, 0.29) is 9.79 Å². The predicted molar refractivity (Wildman–Crippen MR) is 302 cm³/mol. The first-order chi connectivity index (χ1) is 37.4. The molecule has 26 heteroatoms. The maximum absolute atomic E-state index is 14.0. The molecule has 0 unspecified atom stereocenters. The highest BCUT2D eigenvalue weighted by Gasteiger charge is 2.59.